The molecule has 0 fully saturated rings. The summed E-state index contributed by atoms with van der Waals surface area (Å²) in [5, 5.41) is 0. The van der Waals surface area contributed by atoms with Gasteiger partial charge in [0.25, 0.3) is 3.12 Å². The summed E-state index contributed by atoms with van der Waals surface area (Å²) < 4.78 is 26.4. The molecule has 0 amide bonds. The molecule has 0 unspecified atom stereocenters. The minimum absolute atomic E-state index is 0.0543. The van der Waals surface area contributed by atoms with Gasteiger partial charge in [-0.1, -0.05) is 41.7 Å². The second-order valence-electron chi connectivity index (χ2n) is 3.27. The van der Waals surface area contributed by atoms with Crippen LogP contribution in [-0.4, -0.2) is 18.1 Å². The Kier molecular flexibility index (Phi) is 4.95. The molecular weight excluding hydrogens is 307 g/mol. The molecule has 0 spiro atoms. The number of sulfone groups is 1. The van der Waals surface area contributed by atoms with Crippen LogP contribution in [0.25, 0.3) is 0 Å². The average molecular weight is 318 g/mol. The lowest BCUT2D eigenvalue weighted by molar-refractivity contribution is 0.317. The second kappa shape index (κ2) is 5.65. The molecule has 7 heteroatoms. The van der Waals surface area contributed by atoms with Crippen molar-refractivity contribution in [3.63, 3.8) is 0 Å². The predicted octanol–water partition coefficient (Wildman–Crippen LogP) is 3.58. The first-order valence-corrected chi connectivity index (χ1v) is 7.45. The zero-order chi connectivity index (χ0) is 13.1. The van der Waals surface area contributed by atoms with Gasteiger partial charge in [0, 0.05) is 0 Å². The topological polar surface area (TPSA) is 43.4 Å². The maximum Gasteiger partial charge on any atom is 0.296 e. The highest BCUT2D eigenvalue weighted by atomic mass is 35.6. The van der Waals surface area contributed by atoms with Crippen LogP contribution >= 0.6 is 34.8 Å². The van der Waals surface area contributed by atoms with Gasteiger partial charge in [0.15, 0.2) is 0 Å². The summed E-state index contributed by atoms with van der Waals surface area (Å²) in [5.74, 6) is 0.579. The Morgan fingerprint density at radius 3 is 2.12 bits per heavy atom. The molecule has 0 saturated carbocycles. The van der Waals surface area contributed by atoms with Crippen LogP contribution in [0, 0.1) is 0 Å². The fourth-order valence-electron chi connectivity index (χ4n) is 1.07. The van der Waals surface area contributed by atoms with E-state index in [2.05, 4.69) is 0 Å². The number of benzene rings is 1. The molecule has 1 aromatic rings. The zero-order valence-corrected chi connectivity index (χ0v) is 12.1. The number of hydrogen-bond acceptors (Lipinski definition) is 3. The number of ether oxygens (including phenoxy) is 1. The molecule has 0 aliphatic rings. The quantitative estimate of drug-likeness (QED) is 0.797. The molecule has 0 radical (unpaired) electrons. The first-order chi connectivity index (χ1) is 7.79. The first kappa shape index (κ1) is 14.9. The second-order valence-corrected chi connectivity index (χ2v) is 8.31. The van der Waals surface area contributed by atoms with Gasteiger partial charge in [-0.3, -0.25) is 0 Å². The van der Waals surface area contributed by atoms with E-state index in [1.165, 1.54) is 24.3 Å². The van der Waals surface area contributed by atoms with Crippen LogP contribution in [-0.2, 0) is 9.84 Å². The Morgan fingerprint density at radius 1 is 1.18 bits per heavy atom. The Hall–Kier alpha value is -0.160. The molecule has 0 atom stereocenters. The van der Waals surface area contributed by atoms with Crippen LogP contribution < -0.4 is 4.74 Å². The van der Waals surface area contributed by atoms with Crippen LogP contribution in [0.2, 0.25) is 0 Å². The van der Waals surface area contributed by atoms with Crippen molar-refractivity contribution in [3.05, 3.63) is 24.3 Å². The number of alkyl halides is 3. The van der Waals surface area contributed by atoms with Crippen molar-refractivity contribution in [2.75, 3.05) is 6.61 Å². The third-order valence-electron chi connectivity index (χ3n) is 1.91. The molecule has 0 heterocycles. The minimum atomic E-state index is -3.97. The molecule has 96 valence electrons. The maximum atomic E-state index is 11.7. The van der Waals surface area contributed by atoms with E-state index in [1.54, 1.807) is 0 Å². The molecule has 1 aromatic carbocycles. The van der Waals surface area contributed by atoms with Crippen molar-refractivity contribution in [3.8, 4) is 5.75 Å². The largest absolute Gasteiger partial charge is 0.494 e. The standard InChI is InChI=1S/C10H11Cl3O3S/c1-2-7-16-8-3-5-9(6-4-8)17(14,15)10(11,12)13/h3-6H,2,7H2,1H3. The zero-order valence-electron chi connectivity index (χ0n) is 8.99. The Morgan fingerprint density at radius 2 is 1.71 bits per heavy atom. The van der Waals surface area contributed by atoms with E-state index in [0.29, 0.717) is 12.4 Å². The normalized spacial score (nSPS) is 12.5. The number of rotatable bonds is 4. The van der Waals surface area contributed by atoms with Crippen LogP contribution in [0.15, 0.2) is 29.2 Å². The van der Waals surface area contributed by atoms with Crippen LogP contribution in [0.4, 0.5) is 0 Å². The summed E-state index contributed by atoms with van der Waals surface area (Å²) in [4.78, 5) is -0.0543. The van der Waals surface area contributed by atoms with Gasteiger partial charge in [0.1, 0.15) is 5.75 Å². The third kappa shape index (κ3) is 3.65. The minimum Gasteiger partial charge on any atom is -0.494 e. The fraction of sp³-hybridized carbons (Fsp3) is 0.400. The molecule has 0 aromatic heterocycles. The van der Waals surface area contributed by atoms with Crippen LogP contribution in [0.3, 0.4) is 0 Å². The summed E-state index contributed by atoms with van der Waals surface area (Å²) in [6.07, 6.45) is 0.869. The van der Waals surface area contributed by atoms with Gasteiger partial charge >= 0.3 is 0 Å². The number of halogens is 3. The van der Waals surface area contributed by atoms with E-state index in [4.69, 9.17) is 39.5 Å². The summed E-state index contributed by atoms with van der Waals surface area (Å²) in [6.45, 7) is 2.54. The monoisotopic (exact) mass is 316 g/mol. The summed E-state index contributed by atoms with van der Waals surface area (Å²) >= 11 is 16.2. The summed E-state index contributed by atoms with van der Waals surface area (Å²) in [7, 11) is -3.97. The molecule has 0 N–H and O–H groups in total. The molecule has 1 rings (SSSR count). The highest BCUT2D eigenvalue weighted by molar-refractivity contribution is 7.97. The SMILES string of the molecule is CCCOc1ccc(S(=O)(=O)C(Cl)(Cl)Cl)cc1. The van der Waals surface area contributed by atoms with Crippen molar-refractivity contribution in [1.82, 2.24) is 0 Å². The van der Waals surface area contributed by atoms with E-state index in [1.807, 2.05) is 6.92 Å². The Bertz CT molecular complexity index is 463. The summed E-state index contributed by atoms with van der Waals surface area (Å²) in [5.41, 5.74) is 0. The first-order valence-electron chi connectivity index (χ1n) is 4.83. The van der Waals surface area contributed by atoms with Crippen molar-refractivity contribution in [2.45, 2.75) is 21.4 Å². The fourth-order valence-corrected chi connectivity index (χ4v) is 2.63. The molecule has 3 nitrogen and oxygen atoms in total. The van der Waals surface area contributed by atoms with Gasteiger partial charge in [-0.25, -0.2) is 8.42 Å². The Balaban J connectivity index is 2.96. The van der Waals surface area contributed by atoms with E-state index < -0.39 is 13.0 Å². The van der Waals surface area contributed by atoms with Crippen molar-refractivity contribution >= 4 is 44.6 Å². The average Bonchev–Trinajstić information content (AvgIpc) is 2.25. The Labute approximate surface area is 116 Å². The van der Waals surface area contributed by atoms with Gasteiger partial charge in [-0.2, -0.15) is 0 Å². The highest BCUT2D eigenvalue weighted by Gasteiger charge is 2.39. The molecule has 0 saturated heterocycles. The maximum absolute atomic E-state index is 11.7. The van der Waals surface area contributed by atoms with Crippen LogP contribution in [0.1, 0.15) is 13.3 Å². The predicted molar refractivity (Wildman–Crippen MR) is 69.7 cm³/mol. The van der Waals surface area contributed by atoms with E-state index in [9.17, 15) is 8.42 Å². The molecule has 17 heavy (non-hydrogen) atoms. The molecule has 0 aliphatic carbocycles. The van der Waals surface area contributed by atoms with Gasteiger partial charge in [0.05, 0.1) is 11.5 Å². The molecule has 0 bridgehead atoms. The number of hydrogen-bond donors (Lipinski definition) is 0. The van der Waals surface area contributed by atoms with E-state index in [0.717, 1.165) is 6.42 Å². The summed E-state index contributed by atoms with van der Waals surface area (Å²) in [6, 6.07) is 5.75. The van der Waals surface area contributed by atoms with Gasteiger partial charge in [0.2, 0.25) is 9.84 Å². The van der Waals surface area contributed by atoms with Crippen molar-refractivity contribution in [1.29, 1.82) is 0 Å². The van der Waals surface area contributed by atoms with Crippen LogP contribution in [0.5, 0.6) is 5.75 Å². The lowest BCUT2D eigenvalue weighted by Crippen LogP contribution is -2.19. The van der Waals surface area contributed by atoms with Gasteiger partial charge < -0.3 is 4.74 Å². The van der Waals surface area contributed by atoms with E-state index in [-0.39, 0.29) is 4.90 Å². The molecular formula is C10H11Cl3O3S. The van der Waals surface area contributed by atoms with Gasteiger partial charge in [-0.15, -0.1) is 0 Å². The third-order valence-corrected chi connectivity index (χ3v) is 5.24. The highest BCUT2D eigenvalue weighted by Crippen LogP contribution is 2.37. The molecule has 0 aliphatic heterocycles. The smallest absolute Gasteiger partial charge is 0.296 e. The van der Waals surface area contributed by atoms with E-state index >= 15 is 0 Å². The van der Waals surface area contributed by atoms with Crippen molar-refractivity contribution < 1.29 is 13.2 Å². The van der Waals surface area contributed by atoms with Gasteiger partial charge in [-0.05, 0) is 30.7 Å². The van der Waals surface area contributed by atoms with Crippen molar-refractivity contribution in [2.24, 2.45) is 0 Å². The lowest BCUT2D eigenvalue weighted by atomic mass is 10.3. The lowest BCUT2D eigenvalue weighted by Gasteiger charge is -2.12.